The standard InChI is InChI=1S/C21H22Cl2N2O8S/c1-30-17-11-13(34(28,29)25-6-8-32-9-7-25)10-14(20(17)31-2)21(27)33-12-18(26)24-19-15(22)4-3-5-16(19)23/h3-5,10-11H,6-9,12H2,1-2H3,(H,24,26). The average molecular weight is 533 g/mol. The number of rotatable bonds is 8. The first-order valence-electron chi connectivity index (χ1n) is 9.94. The molecule has 0 aliphatic carbocycles. The van der Waals surface area contributed by atoms with Crippen LogP contribution in [0, 0.1) is 0 Å². The number of ether oxygens (including phenoxy) is 4. The maximum Gasteiger partial charge on any atom is 0.342 e. The highest BCUT2D eigenvalue weighted by Crippen LogP contribution is 2.36. The molecule has 0 aromatic heterocycles. The van der Waals surface area contributed by atoms with E-state index >= 15 is 0 Å². The number of nitrogens with one attached hydrogen (secondary N) is 1. The van der Waals surface area contributed by atoms with E-state index in [9.17, 15) is 18.0 Å². The minimum Gasteiger partial charge on any atom is -0.493 e. The summed E-state index contributed by atoms with van der Waals surface area (Å²) in [4.78, 5) is 24.9. The molecule has 0 saturated carbocycles. The molecular weight excluding hydrogens is 511 g/mol. The van der Waals surface area contributed by atoms with E-state index in [4.69, 9.17) is 42.1 Å². The molecule has 2 aromatic rings. The molecule has 1 heterocycles. The van der Waals surface area contributed by atoms with Crippen LogP contribution in [0.3, 0.4) is 0 Å². The summed E-state index contributed by atoms with van der Waals surface area (Å²) in [5.41, 5.74) is -0.0537. The van der Waals surface area contributed by atoms with Gasteiger partial charge >= 0.3 is 5.97 Å². The first-order chi connectivity index (χ1) is 16.2. The van der Waals surface area contributed by atoms with E-state index in [0.717, 1.165) is 6.07 Å². The molecule has 10 nitrogen and oxygen atoms in total. The molecule has 1 N–H and O–H groups in total. The van der Waals surface area contributed by atoms with Gasteiger partial charge in [-0.15, -0.1) is 0 Å². The van der Waals surface area contributed by atoms with Crippen molar-refractivity contribution in [1.29, 1.82) is 0 Å². The van der Waals surface area contributed by atoms with Crippen molar-refractivity contribution in [2.75, 3.05) is 52.4 Å². The number of benzene rings is 2. The van der Waals surface area contributed by atoms with Crippen LogP contribution in [0.5, 0.6) is 11.5 Å². The smallest absolute Gasteiger partial charge is 0.342 e. The van der Waals surface area contributed by atoms with Crippen LogP contribution in [0.1, 0.15) is 10.4 Å². The highest BCUT2D eigenvalue weighted by atomic mass is 35.5. The van der Waals surface area contributed by atoms with Gasteiger partial charge in [0, 0.05) is 19.2 Å². The summed E-state index contributed by atoms with van der Waals surface area (Å²) in [5, 5.41) is 2.88. The van der Waals surface area contributed by atoms with Crippen molar-refractivity contribution in [2.24, 2.45) is 0 Å². The number of carbonyl (C=O) groups excluding carboxylic acids is 2. The summed E-state index contributed by atoms with van der Waals surface area (Å²) < 4.78 is 48.2. The fourth-order valence-corrected chi connectivity index (χ4v) is 5.12. The Balaban J connectivity index is 1.83. The summed E-state index contributed by atoms with van der Waals surface area (Å²) in [5.74, 6) is -1.72. The Hall–Kier alpha value is -2.57. The second-order valence-electron chi connectivity index (χ2n) is 6.94. The van der Waals surface area contributed by atoms with Crippen LogP contribution < -0.4 is 14.8 Å². The van der Waals surface area contributed by atoms with Crippen LogP contribution in [-0.2, 0) is 24.3 Å². The van der Waals surface area contributed by atoms with Gasteiger partial charge in [-0.25, -0.2) is 13.2 Å². The predicted molar refractivity (Wildman–Crippen MR) is 124 cm³/mol. The number of anilines is 1. The molecule has 0 unspecified atom stereocenters. The third-order valence-corrected chi connectivity index (χ3v) is 7.35. The number of morpholine rings is 1. The monoisotopic (exact) mass is 532 g/mol. The van der Waals surface area contributed by atoms with Crippen LogP contribution in [-0.4, -0.2) is 71.7 Å². The number of esters is 1. The molecule has 1 aliphatic heterocycles. The van der Waals surface area contributed by atoms with Crippen molar-refractivity contribution < 1.29 is 37.0 Å². The number of amides is 1. The molecule has 0 bridgehead atoms. The van der Waals surface area contributed by atoms with E-state index in [2.05, 4.69) is 5.32 Å². The molecule has 34 heavy (non-hydrogen) atoms. The molecule has 1 saturated heterocycles. The third kappa shape index (κ3) is 5.73. The minimum absolute atomic E-state index is 0.0103. The van der Waals surface area contributed by atoms with E-state index in [1.165, 1.54) is 36.7 Å². The Morgan fingerprint density at radius 2 is 1.74 bits per heavy atom. The van der Waals surface area contributed by atoms with Crippen LogP contribution >= 0.6 is 23.2 Å². The molecule has 1 aliphatic rings. The van der Waals surface area contributed by atoms with Crippen LogP contribution in [0.25, 0.3) is 0 Å². The molecule has 2 aromatic carbocycles. The molecular formula is C21H22Cl2N2O8S. The van der Waals surface area contributed by atoms with Gasteiger partial charge in [0.15, 0.2) is 18.1 Å². The van der Waals surface area contributed by atoms with Crippen molar-refractivity contribution in [3.63, 3.8) is 0 Å². The second-order valence-corrected chi connectivity index (χ2v) is 9.70. The summed E-state index contributed by atoms with van der Waals surface area (Å²) >= 11 is 12.0. The summed E-state index contributed by atoms with van der Waals surface area (Å²) in [7, 11) is -1.36. The Labute approximate surface area is 206 Å². The number of para-hydroxylation sites is 1. The highest BCUT2D eigenvalue weighted by Gasteiger charge is 2.30. The summed E-state index contributed by atoms with van der Waals surface area (Å²) in [6, 6.07) is 7.06. The Bertz CT molecular complexity index is 1160. The van der Waals surface area contributed by atoms with Crippen LogP contribution in [0.4, 0.5) is 5.69 Å². The van der Waals surface area contributed by atoms with E-state index in [1.807, 2.05) is 0 Å². The summed E-state index contributed by atoms with van der Waals surface area (Å²) in [6.07, 6.45) is 0. The van der Waals surface area contributed by atoms with Gasteiger partial charge in [-0.3, -0.25) is 4.79 Å². The lowest BCUT2D eigenvalue weighted by atomic mass is 10.2. The highest BCUT2D eigenvalue weighted by molar-refractivity contribution is 7.89. The largest absolute Gasteiger partial charge is 0.493 e. The third-order valence-electron chi connectivity index (χ3n) is 4.84. The van der Waals surface area contributed by atoms with E-state index in [-0.39, 0.29) is 64.0 Å². The Kier molecular flexibility index (Phi) is 8.61. The molecule has 184 valence electrons. The quantitative estimate of drug-likeness (QED) is 0.515. The lowest BCUT2D eigenvalue weighted by molar-refractivity contribution is -0.119. The number of methoxy groups -OCH3 is 2. The molecule has 1 fully saturated rings. The van der Waals surface area contributed by atoms with E-state index in [0.29, 0.717) is 0 Å². The van der Waals surface area contributed by atoms with Gasteiger partial charge < -0.3 is 24.3 Å². The summed E-state index contributed by atoms with van der Waals surface area (Å²) in [6.45, 7) is 0.159. The predicted octanol–water partition coefficient (Wildman–Crippen LogP) is 2.83. The number of hydrogen-bond acceptors (Lipinski definition) is 8. The maximum absolute atomic E-state index is 13.1. The van der Waals surface area contributed by atoms with Gasteiger partial charge in [-0.2, -0.15) is 4.31 Å². The molecule has 13 heteroatoms. The van der Waals surface area contributed by atoms with Gasteiger partial charge in [0.25, 0.3) is 5.91 Å². The number of hydrogen-bond donors (Lipinski definition) is 1. The SMILES string of the molecule is COc1cc(S(=O)(=O)N2CCOCC2)cc(C(=O)OCC(=O)Nc2c(Cl)cccc2Cl)c1OC. The zero-order chi connectivity index (χ0) is 24.9. The van der Waals surface area contributed by atoms with Crippen LogP contribution in [0.15, 0.2) is 35.2 Å². The van der Waals surface area contributed by atoms with Gasteiger partial charge in [-0.05, 0) is 18.2 Å². The fourth-order valence-electron chi connectivity index (χ4n) is 3.18. The zero-order valence-corrected chi connectivity index (χ0v) is 20.6. The number of sulfonamides is 1. The van der Waals surface area contributed by atoms with Gasteiger partial charge in [0.2, 0.25) is 10.0 Å². The zero-order valence-electron chi connectivity index (χ0n) is 18.3. The van der Waals surface area contributed by atoms with Crippen molar-refractivity contribution in [1.82, 2.24) is 4.31 Å². The second kappa shape index (κ2) is 11.2. The van der Waals surface area contributed by atoms with Crippen molar-refractivity contribution in [3.8, 4) is 11.5 Å². The molecule has 0 atom stereocenters. The number of carbonyl (C=O) groups is 2. The van der Waals surface area contributed by atoms with Crippen molar-refractivity contribution in [2.45, 2.75) is 4.90 Å². The first-order valence-corrected chi connectivity index (χ1v) is 12.1. The Morgan fingerprint density at radius 3 is 2.32 bits per heavy atom. The minimum atomic E-state index is -3.96. The van der Waals surface area contributed by atoms with Gasteiger partial charge in [-0.1, -0.05) is 29.3 Å². The normalized spacial score (nSPS) is 14.4. The van der Waals surface area contributed by atoms with E-state index in [1.54, 1.807) is 6.07 Å². The number of nitrogens with zero attached hydrogens (tertiary/aromatic N) is 1. The van der Waals surface area contributed by atoms with E-state index < -0.39 is 28.5 Å². The number of halogens is 2. The van der Waals surface area contributed by atoms with Crippen molar-refractivity contribution in [3.05, 3.63) is 45.9 Å². The maximum atomic E-state index is 13.1. The fraction of sp³-hybridized carbons (Fsp3) is 0.333. The topological polar surface area (TPSA) is 120 Å². The van der Waals surface area contributed by atoms with Crippen LogP contribution in [0.2, 0.25) is 10.0 Å². The lowest BCUT2D eigenvalue weighted by Crippen LogP contribution is -2.40. The first kappa shape index (κ1) is 26.0. The van der Waals surface area contributed by atoms with Gasteiger partial charge in [0.05, 0.1) is 48.1 Å². The average Bonchev–Trinajstić information content (AvgIpc) is 2.84. The molecule has 1 amide bonds. The lowest BCUT2D eigenvalue weighted by Gasteiger charge is -2.26. The molecule has 3 rings (SSSR count). The molecule has 0 radical (unpaired) electrons. The molecule has 0 spiro atoms. The van der Waals surface area contributed by atoms with Gasteiger partial charge in [0.1, 0.15) is 5.56 Å². The Morgan fingerprint density at radius 1 is 1.09 bits per heavy atom. The van der Waals surface area contributed by atoms with Crippen molar-refractivity contribution >= 4 is 50.8 Å².